The normalized spacial score (nSPS) is 14.7. The predicted molar refractivity (Wildman–Crippen MR) is 109 cm³/mol. The second-order valence-corrected chi connectivity index (χ2v) is 7.67. The summed E-state index contributed by atoms with van der Waals surface area (Å²) in [5.74, 6) is -1.18. The van der Waals surface area contributed by atoms with Crippen LogP contribution in [0.15, 0.2) is 18.2 Å². The summed E-state index contributed by atoms with van der Waals surface area (Å²) in [5, 5.41) is 26.9. The van der Waals surface area contributed by atoms with Crippen LogP contribution < -0.4 is 0 Å². The first kappa shape index (κ1) is 21.9. The van der Waals surface area contributed by atoms with Gasteiger partial charge in [0.1, 0.15) is 12.2 Å². The van der Waals surface area contributed by atoms with Gasteiger partial charge in [-0.1, -0.05) is 29.3 Å². The Morgan fingerprint density at radius 2 is 1.80 bits per heavy atom. The summed E-state index contributed by atoms with van der Waals surface area (Å²) >= 11 is 12.1. The maximum atomic E-state index is 12.6. The molecule has 1 aliphatic heterocycles. The number of nitrogens with zero attached hydrogens (tertiary/aromatic N) is 6. The number of carbonyl (C=O) groups is 1. The maximum absolute atomic E-state index is 12.6. The van der Waals surface area contributed by atoms with Crippen LogP contribution in [0.2, 0.25) is 10.0 Å². The monoisotopic (exact) mass is 456 g/mol. The minimum atomic E-state index is -0.924. The fourth-order valence-electron chi connectivity index (χ4n) is 3.29. The summed E-state index contributed by atoms with van der Waals surface area (Å²) in [5.41, 5.74) is 0.209. The standard InChI is InChI=1S/C17H18Cl2N6O5/c1-11-16(24(27)28)17(25(29)30)20-23(11)10-15(26)22-6-4-21(5-7-22)9-12-2-3-13(18)8-14(12)19/h2-3,8H,4-7,9-10H2,1H3. The quantitative estimate of drug-likeness (QED) is 0.482. The van der Waals surface area contributed by atoms with Gasteiger partial charge in [-0.15, -0.1) is 0 Å². The van der Waals surface area contributed by atoms with E-state index in [0.717, 1.165) is 10.2 Å². The van der Waals surface area contributed by atoms with Crippen molar-refractivity contribution >= 4 is 40.6 Å². The zero-order valence-electron chi connectivity index (χ0n) is 16.0. The molecule has 0 bridgehead atoms. The molecule has 0 aliphatic carbocycles. The lowest BCUT2D eigenvalue weighted by Gasteiger charge is -2.34. The molecule has 30 heavy (non-hydrogen) atoms. The summed E-state index contributed by atoms with van der Waals surface area (Å²) < 4.78 is 1.01. The third-order valence-electron chi connectivity index (χ3n) is 4.93. The van der Waals surface area contributed by atoms with Gasteiger partial charge in [0, 0.05) is 42.8 Å². The number of aromatic nitrogens is 2. The van der Waals surface area contributed by atoms with Gasteiger partial charge in [-0.2, -0.15) is 4.68 Å². The van der Waals surface area contributed by atoms with Crippen molar-refractivity contribution in [2.45, 2.75) is 20.0 Å². The van der Waals surface area contributed by atoms with E-state index >= 15 is 0 Å². The molecule has 0 radical (unpaired) electrons. The van der Waals surface area contributed by atoms with Crippen molar-refractivity contribution in [1.29, 1.82) is 0 Å². The maximum Gasteiger partial charge on any atom is 0.468 e. The Labute approximate surface area is 181 Å². The second-order valence-electron chi connectivity index (χ2n) is 6.82. The molecule has 3 rings (SSSR count). The number of rotatable bonds is 6. The van der Waals surface area contributed by atoms with Crippen LogP contribution in [0.25, 0.3) is 0 Å². The van der Waals surface area contributed by atoms with Crippen molar-refractivity contribution in [3.05, 3.63) is 59.7 Å². The molecule has 1 fully saturated rings. The fraction of sp³-hybridized carbons (Fsp3) is 0.412. The summed E-state index contributed by atoms with van der Waals surface area (Å²) in [6.45, 7) is 3.78. The average molecular weight is 457 g/mol. The van der Waals surface area contributed by atoms with Gasteiger partial charge in [0.15, 0.2) is 0 Å². The number of benzene rings is 1. The lowest BCUT2D eigenvalue weighted by molar-refractivity contribution is -0.424. The number of hydrogen-bond acceptors (Lipinski definition) is 7. The fourth-order valence-corrected chi connectivity index (χ4v) is 3.75. The molecule has 1 aromatic carbocycles. The largest absolute Gasteiger partial charge is 0.468 e. The first-order valence-electron chi connectivity index (χ1n) is 8.97. The van der Waals surface area contributed by atoms with Gasteiger partial charge in [0.05, 0.1) is 10.0 Å². The Bertz CT molecular complexity index is 1000. The molecule has 0 N–H and O–H groups in total. The Kier molecular flexibility index (Phi) is 6.54. The van der Waals surface area contributed by atoms with E-state index in [-0.39, 0.29) is 18.1 Å². The van der Waals surface area contributed by atoms with E-state index in [4.69, 9.17) is 23.2 Å². The molecule has 2 aromatic rings. The number of nitro groups is 2. The van der Waals surface area contributed by atoms with E-state index in [2.05, 4.69) is 10.00 Å². The molecule has 0 unspecified atom stereocenters. The van der Waals surface area contributed by atoms with Crippen molar-refractivity contribution in [3.63, 3.8) is 0 Å². The summed E-state index contributed by atoms with van der Waals surface area (Å²) in [6.07, 6.45) is 0. The van der Waals surface area contributed by atoms with Crippen LogP contribution in [-0.4, -0.2) is 61.5 Å². The van der Waals surface area contributed by atoms with E-state index in [9.17, 15) is 25.0 Å². The van der Waals surface area contributed by atoms with Crippen molar-refractivity contribution < 1.29 is 14.6 Å². The van der Waals surface area contributed by atoms with Gasteiger partial charge in [0.2, 0.25) is 5.91 Å². The molecule has 1 aliphatic rings. The molecule has 0 spiro atoms. The third-order valence-corrected chi connectivity index (χ3v) is 5.52. The Morgan fingerprint density at radius 1 is 1.13 bits per heavy atom. The van der Waals surface area contributed by atoms with E-state index in [1.54, 1.807) is 17.0 Å². The van der Waals surface area contributed by atoms with Gasteiger partial charge in [0.25, 0.3) is 0 Å². The topological polar surface area (TPSA) is 128 Å². The number of carbonyl (C=O) groups excluding carboxylic acids is 1. The SMILES string of the molecule is Cc1c([N+](=O)[O-])c([N+](=O)[O-])nn1CC(=O)N1CCN(Cc2ccc(Cl)cc2Cl)CC1. The highest BCUT2D eigenvalue weighted by Gasteiger charge is 2.36. The van der Waals surface area contributed by atoms with Gasteiger partial charge in [-0.05, 0) is 29.5 Å². The number of halogens is 2. The lowest BCUT2D eigenvalue weighted by Crippen LogP contribution is -2.49. The van der Waals surface area contributed by atoms with Crippen LogP contribution >= 0.6 is 23.2 Å². The highest BCUT2D eigenvalue weighted by Crippen LogP contribution is 2.29. The number of amides is 1. The molecular weight excluding hydrogens is 439 g/mol. The Morgan fingerprint density at radius 3 is 2.33 bits per heavy atom. The highest BCUT2D eigenvalue weighted by molar-refractivity contribution is 6.35. The van der Waals surface area contributed by atoms with Crippen molar-refractivity contribution in [1.82, 2.24) is 19.6 Å². The minimum absolute atomic E-state index is 0.0314. The Hall–Kier alpha value is -2.76. The molecule has 1 aromatic heterocycles. The zero-order chi connectivity index (χ0) is 22.0. The van der Waals surface area contributed by atoms with E-state index in [0.29, 0.717) is 42.8 Å². The summed E-state index contributed by atoms with van der Waals surface area (Å²) in [6, 6.07) is 5.32. The van der Waals surface area contributed by atoms with Gasteiger partial charge in [-0.25, -0.2) is 0 Å². The van der Waals surface area contributed by atoms with E-state index < -0.39 is 21.4 Å². The smallest absolute Gasteiger partial charge is 0.358 e. The Balaban J connectivity index is 1.61. The predicted octanol–water partition coefficient (Wildman–Crippen LogP) is 2.66. The molecule has 1 amide bonds. The van der Waals surface area contributed by atoms with Crippen LogP contribution in [0.5, 0.6) is 0 Å². The van der Waals surface area contributed by atoms with Crippen molar-refractivity contribution in [3.8, 4) is 0 Å². The van der Waals surface area contributed by atoms with Crippen LogP contribution in [-0.2, 0) is 17.9 Å². The first-order valence-corrected chi connectivity index (χ1v) is 9.73. The molecule has 13 heteroatoms. The molecule has 11 nitrogen and oxygen atoms in total. The van der Waals surface area contributed by atoms with Gasteiger partial charge in [-0.3, -0.25) is 19.8 Å². The molecule has 0 saturated carbocycles. The highest BCUT2D eigenvalue weighted by atomic mass is 35.5. The summed E-state index contributed by atoms with van der Waals surface area (Å²) in [7, 11) is 0. The van der Waals surface area contributed by atoms with Crippen LogP contribution in [0, 0.1) is 27.2 Å². The average Bonchev–Trinajstić information content (AvgIpc) is 3.01. The van der Waals surface area contributed by atoms with Gasteiger partial charge >= 0.3 is 11.5 Å². The lowest BCUT2D eigenvalue weighted by atomic mass is 10.2. The number of piperazine rings is 1. The molecule has 2 heterocycles. The molecular formula is C17H18Cl2N6O5. The molecule has 0 atom stereocenters. The van der Waals surface area contributed by atoms with Crippen LogP contribution in [0.3, 0.4) is 0 Å². The van der Waals surface area contributed by atoms with Crippen molar-refractivity contribution in [2.24, 2.45) is 0 Å². The van der Waals surface area contributed by atoms with Gasteiger partial charge < -0.3 is 15.0 Å². The molecule has 160 valence electrons. The first-order chi connectivity index (χ1) is 14.2. The minimum Gasteiger partial charge on any atom is -0.358 e. The molecule has 1 saturated heterocycles. The number of hydrogen-bond donors (Lipinski definition) is 0. The van der Waals surface area contributed by atoms with E-state index in [1.165, 1.54) is 6.92 Å². The second kappa shape index (κ2) is 8.94. The third kappa shape index (κ3) is 4.69. The zero-order valence-corrected chi connectivity index (χ0v) is 17.5. The van der Waals surface area contributed by atoms with Crippen LogP contribution in [0.4, 0.5) is 11.5 Å². The van der Waals surface area contributed by atoms with Crippen LogP contribution in [0.1, 0.15) is 11.3 Å². The summed E-state index contributed by atoms with van der Waals surface area (Å²) in [4.78, 5) is 36.7. The van der Waals surface area contributed by atoms with Crippen molar-refractivity contribution in [2.75, 3.05) is 26.2 Å². The van der Waals surface area contributed by atoms with E-state index in [1.807, 2.05) is 6.07 Å².